The standard InChI is InChI=1S/C17H17NOS/c1-3-11-9-12(4-2)17-14(10-11)16(18-19)13-7-5-6-8-15(13)20-17/h5-10,19H,3-4H2,1-2H3/b18-16+. The molecule has 0 amide bonds. The lowest BCUT2D eigenvalue weighted by Gasteiger charge is -2.09. The van der Waals surface area contributed by atoms with E-state index in [4.69, 9.17) is 0 Å². The second kappa shape index (κ2) is 5.25. The van der Waals surface area contributed by atoms with Gasteiger partial charge in [0.15, 0.2) is 0 Å². The summed E-state index contributed by atoms with van der Waals surface area (Å²) in [7, 11) is 0. The summed E-state index contributed by atoms with van der Waals surface area (Å²) in [6.07, 6.45) is 1.98. The van der Waals surface area contributed by atoms with Crippen molar-refractivity contribution in [2.24, 2.45) is 5.16 Å². The van der Waals surface area contributed by atoms with Crippen molar-refractivity contribution in [3.05, 3.63) is 52.9 Å². The Balaban J connectivity index is 2.58. The molecule has 2 aromatic carbocycles. The summed E-state index contributed by atoms with van der Waals surface area (Å²) in [5, 5.41) is 15.8. The van der Waals surface area contributed by atoms with Crippen molar-refractivity contribution in [3.8, 4) is 0 Å². The van der Waals surface area contributed by atoms with Gasteiger partial charge in [-0.2, -0.15) is 0 Å². The van der Waals surface area contributed by atoms with Crippen LogP contribution < -0.4 is 5.36 Å². The van der Waals surface area contributed by atoms with Gasteiger partial charge in [-0.15, -0.1) is 11.3 Å². The molecule has 1 heterocycles. The Bertz CT molecular complexity index is 849. The third-order valence-corrected chi connectivity index (χ3v) is 4.99. The smallest absolute Gasteiger partial charge is 0.119 e. The van der Waals surface area contributed by atoms with Crippen molar-refractivity contribution >= 4 is 31.5 Å². The number of hydrogen-bond acceptors (Lipinski definition) is 3. The quantitative estimate of drug-likeness (QED) is 0.420. The number of rotatable bonds is 2. The van der Waals surface area contributed by atoms with E-state index >= 15 is 0 Å². The summed E-state index contributed by atoms with van der Waals surface area (Å²) in [6.45, 7) is 4.33. The highest BCUT2D eigenvalue weighted by Crippen LogP contribution is 2.29. The number of hydrogen-bond donors (Lipinski definition) is 1. The Morgan fingerprint density at radius 3 is 2.55 bits per heavy atom. The van der Waals surface area contributed by atoms with Crippen LogP contribution in [0.15, 0.2) is 41.6 Å². The Kier molecular flexibility index (Phi) is 3.45. The Morgan fingerprint density at radius 1 is 1.05 bits per heavy atom. The summed E-state index contributed by atoms with van der Waals surface area (Å²) in [4.78, 5) is 0. The molecule has 0 radical (unpaired) electrons. The first kappa shape index (κ1) is 13.1. The molecule has 20 heavy (non-hydrogen) atoms. The summed E-state index contributed by atoms with van der Waals surface area (Å²) >= 11 is 1.78. The van der Waals surface area contributed by atoms with E-state index in [9.17, 15) is 5.21 Å². The molecule has 3 heteroatoms. The van der Waals surface area contributed by atoms with Crippen molar-refractivity contribution < 1.29 is 5.21 Å². The van der Waals surface area contributed by atoms with Gasteiger partial charge in [-0.3, -0.25) is 0 Å². The van der Waals surface area contributed by atoms with Crippen molar-refractivity contribution in [1.29, 1.82) is 0 Å². The first-order valence-electron chi connectivity index (χ1n) is 6.94. The van der Waals surface area contributed by atoms with Gasteiger partial charge in [0, 0.05) is 20.2 Å². The minimum absolute atomic E-state index is 0.694. The largest absolute Gasteiger partial charge is 0.410 e. The van der Waals surface area contributed by atoms with Crippen LogP contribution in [0.25, 0.3) is 20.2 Å². The minimum atomic E-state index is 0.694. The van der Waals surface area contributed by atoms with Crippen LogP contribution >= 0.6 is 11.3 Å². The van der Waals surface area contributed by atoms with Crippen molar-refractivity contribution in [2.45, 2.75) is 26.7 Å². The molecule has 1 aromatic heterocycles. The van der Waals surface area contributed by atoms with Gasteiger partial charge in [0.25, 0.3) is 0 Å². The van der Waals surface area contributed by atoms with Crippen LogP contribution in [0.1, 0.15) is 25.0 Å². The number of aryl methyl sites for hydroxylation is 2. The third-order valence-electron chi connectivity index (χ3n) is 3.72. The predicted octanol–water partition coefficient (Wildman–Crippen LogP) is 4.47. The van der Waals surface area contributed by atoms with E-state index in [1.54, 1.807) is 11.3 Å². The molecular formula is C17H17NOS. The zero-order chi connectivity index (χ0) is 14.1. The molecule has 0 aliphatic carbocycles. The molecule has 0 atom stereocenters. The fourth-order valence-corrected chi connectivity index (χ4v) is 3.87. The molecule has 2 nitrogen and oxygen atoms in total. The van der Waals surface area contributed by atoms with Crippen LogP contribution in [0.3, 0.4) is 0 Å². The fraction of sp³-hybridized carbons (Fsp3) is 0.235. The monoisotopic (exact) mass is 283 g/mol. The summed E-state index contributed by atoms with van der Waals surface area (Å²) in [5.41, 5.74) is 2.63. The first-order valence-corrected chi connectivity index (χ1v) is 7.75. The van der Waals surface area contributed by atoms with Crippen LogP contribution in [0.4, 0.5) is 0 Å². The summed E-state index contributed by atoms with van der Waals surface area (Å²) in [6, 6.07) is 12.5. The molecule has 3 rings (SSSR count). The molecule has 0 bridgehead atoms. The van der Waals surface area contributed by atoms with Crippen molar-refractivity contribution in [1.82, 2.24) is 0 Å². The van der Waals surface area contributed by atoms with Gasteiger partial charge >= 0.3 is 0 Å². The minimum Gasteiger partial charge on any atom is -0.410 e. The lowest BCUT2D eigenvalue weighted by atomic mass is 10.0. The molecule has 0 aliphatic heterocycles. The van der Waals surface area contributed by atoms with Gasteiger partial charge in [0.1, 0.15) is 5.36 Å². The van der Waals surface area contributed by atoms with Gasteiger partial charge in [0.2, 0.25) is 0 Å². The normalized spacial score (nSPS) is 12.4. The maximum Gasteiger partial charge on any atom is 0.119 e. The molecule has 0 spiro atoms. The van der Waals surface area contributed by atoms with Gasteiger partial charge in [0.05, 0.1) is 0 Å². The average molecular weight is 283 g/mol. The third kappa shape index (κ3) is 1.98. The molecule has 0 unspecified atom stereocenters. The van der Waals surface area contributed by atoms with Gasteiger partial charge in [-0.1, -0.05) is 43.3 Å². The Labute approximate surface area is 122 Å². The number of fused-ring (bicyclic) bond motifs is 2. The SMILES string of the molecule is CCc1cc(CC)c2sc3ccccc3/c(=N\O)c2c1. The fourth-order valence-electron chi connectivity index (χ4n) is 2.63. The first-order chi connectivity index (χ1) is 9.78. The van der Waals surface area contributed by atoms with Crippen molar-refractivity contribution in [2.75, 3.05) is 0 Å². The van der Waals surface area contributed by atoms with Crippen LogP contribution in [-0.4, -0.2) is 5.21 Å². The second-order valence-electron chi connectivity index (χ2n) is 4.89. The molecule has 1 N–H and O–H groups in total. The van der Waals surface area contributed by atoms with Gasteiger partial charge in [-0.25, -0.2) is 0 Å². The highest BCUT2D eigenvalue weighted by molar-refractivity contribution is 7.24. The zero-order valence-electron chi connectivity index (χ0n) is 11.7. The van der Waals surface area contributed by atoms with Crippen LogP contribution in [0, 0.1) is 0 Å². The highest BCUT2D eigenvalue weighted by atomic mass is 32.1. The van der Waals surface area contributed by atoms with Crippen LogP contribution in [0.2, 0.25) is 0 Å². The predicted molar refractivity (Wildman–Crippen MR) is 85.4 cm³/mol. The van der Waals surface area contributed by atoms with E-state index in [1.165, 1.54) is 15.8 Å². The highest BCUT2D eigenvalue weighted by Gasteiger charge is 2.09. The Morgan fingerprint density at radius 2 is 1.85 bits per heavy atom. The topological polar surface area (TPSA) is 32.6 Å². The average Bonchev–Trinajstić information content (AvgIpc) is 2.51. The van der Waals surface area contributed by atoms with Crippen molar-refractivity contribution in [3.63, 3.8) is 0 Å². The van der Waals surface area contributed by atoms with E-state index in [-0.39, 0.29) is 0 Å². The van der Waals surface area contributed by atoms with E-state index in [0.29, 0.717) is 5.36 Å². The molecule has 3 aromatic rings. The van der Waals surface area contributed by atoms with E-state index in [0.717, 1.165) is 28.3 Å². The maximum atomic E-state index is 9.49. The lowest BCUT2D eigenvalue weighted by Crippen LogP contribution is -2.05. The maximum absolute atomic E-state index is 9.49. The van der Waals surface area contributed by atoms with Gasteiger partial charge in [-0.05, 0) is 36.1 Å². The molecule has 0 fully saturated rings. The number of benzene rings is 2. The second-order valence-corrected chi connectivity index (χ2v) is 5.94. The summed E-state index contributed by atoms with van der Waals surface area (Å²) in [5.74, 6) is 0. The van der Waals surface area contributed by atoms with Gasteiger partial charge < -0.3 is 5.21 Å². The molecule has 0 aliphatic rings. The molecule has 0 saturated carbocycles. The molecular weight excluding hydrogens is 266 g/mol. The van der Waals surface area contributed by atoms with E-state index in [2.05, 4.69) is 37.2 Å². The zero-order valence-corrected chi connectivity index (χ0v) is 12.5. The van der Waals surface area contributed by atoms with E-state index in [1.807, 2.05) is 18.2 Å². The lowest BCUT2D eigenvalue weighted by molar-refractivity contribution is 0.304. The number of nitrogens with zero attached hydrogens (tertiary/aromatic N) is 1. The van der Waals surface area contributed by atoms with Crippen LogP contribution in [0.5, 0.6) is 0 Å². The van der Waals surface area contributed by atoms with E-state index < -0.39 is 0 Å². The Hall–Kier alpha value is -1.87. The van der Waals surface area contributed by atoms with Crippen LogP contribution in [-0.2, 0) is 12.8 Å². The summed E-state index contributed by atoms with van der Waals surface area (Å²) < 4.78 is 2.39. The molecule has 0 saturated heterocycles. The molecule has 102 valence electrons.